The zero-order valence-electron chi connectivity index (χ0n) is 9.90. The van der Waals surface area contributed by atoms with Gasteiger partial charge in [-0.05, 0) is 20.3 Å². The summed E-state index contributed by atoms with van der Waals surface area (Å²) >= 11 is 0. The monoisotopic (exact) mass is 246 g/mol. The van der Waals surface area contributed by atoms with Crippen molar-refractivity contribution in [3.05, 3.63) is 0 Å². The Bertz CT molecular complexity index is 308. The first-order chi connectivity index (χ1) is 7.61. The van der Waals surface area contributed by atoms with Gasteiger partial charge in [0.25, 0.3) is 0 Å². The van der Waals surface area contributed by atoms with Gasteiger partial charge in [0.15, 0.2) is 0 Å². The molecule has 1 atom stereocenters. The fraction of sp³-hybridized carbons (Fsp3) is 0.700. The lowest BCUT2D eigenvalue weighted by atomic mass is 10.0. The second-order valence-electron chi connectivity index (χ2n) is 4.45. The van der Waals surface area contributed by atoms with Crippen molar-refractivity contribution in [2.75, 3.05) is 0 Å². The first-order valence-corrected chi connectivity index (χ1v) is 5.14. The van der Waals surface area contributed by atoms with Gasteiger partial charge in [-0.25, -0.2) is 4.79 Å². The van der Waals surface area contributed by atoms with Crippen molar-refractivity contribution in [2.45, 2.75) is 44.8 Å². The fourth-order valence-corrected chi connectivity index (χ4v) is 1.18. The minimum atomic E-state index is -1.24. The third-order valence-electron chi connectivity index (χ3n) is 1.91. The van der Waals surface area contributed by atoms with E-state index in [9.17, 15) is 19.5 Å². The van der Waals surface area contributed by atoms with Gasteiger partial charge >= 0.3 is 5.97 Å². The number of aliphatic carboxylic acids is 1. The predicted molar refractivity (Wildman–Crippen MR) is 58.9 cm³/mol. The van der Waals surface area contributed by atoms with E-state index in [1.54, 1.807) is 0 Å². The number of amides is 2. The van der Waals surface area contributed by atoms with Crippen LogP contribution in [0.4, 0.5) is 0 Å². The predicted octanol–water partition coefficient (Wildman–Crippen LogP) is -1.02. The smallest absolute Gasteiger partial charge is 0.326 e. The average Bonchev–Trinajstić information content (AvgIpc) is 2.08. The van der Waals surface area contributed by atoms with Crippen LogP contribution >= 0.6 is 0 Å². The SMILES string of the molecule is CC(C)(O)CC(=O)N[C@@H](CCC(N)=O)C(=O)O. The van der Waals surface area contributed by atoms with Crippen LogP contribution < -0.4 is 11.1 Å². The van der Waals surface area contributed by atoms with Crippen molar-refractivity contribution < 1.29 is 24.6 Å². The average molecular weight is 246 g/mol. The minimum absolute atomic E-state index is 0.0672. The number of nitrogens with two attached hydrogens (primary N) is 1. The maximum Gasteiger partial charge on any atom is 0.326 e. The van der Waals surface area contributed by atoms with E-state index in [1.807, 2.05) is 0 Å². The lowest BCUT2D eigenvalue weighted by Crippen LogP contribution is -2.43. The fourth-order valence-electron chi connectivity index (χ4n) is 1.18. The Morgan fingerprint density at radius 1 is 1.35 bits per heavy atom. The van der Waals surface area contributed by atoms with E-state index in [-0.39, 0.29) is 19.3 Å². The third-order valence-corrected chi connectivity index (χ3v) is 1.91. The second-order valence-corrected chi connectivity index (χ2v) is 4.45. The molecule has 7 heteroatoms. The highest BCUT2D eigenvalue weighted by molar-refractivity contribution is 5.84. The summed E-state index contributed by atoms with van der Waals surface area (Å²) in [5.74, 6) is -2.46. The summed E-state index contributed by atoms with van der Waals surface area (Å²) in [5, 5.41) is 20.4. The Morgan fingerprint density at radius 3 is 2.24 bits per heavy atom. The molecule has 0 aliphatic carbocycles. The number of primary amides is 1. The summed E-state index contributed by atoms with van der Waals surface area (Å²) < 4.78 is 0. The number of hydrogen-bond acceptors (Lipinski definition) is 4. The number of rotatable bonds is 7. The van der Waals surface area contributed by atoms with Gasteiger partial charge in [0.2, 0.25) is 11.8 Å². The Kier molecular flexibility index (Phi) is 5.60. The van der Waals surface area contributed by atoms with Crippen LogP contribution in [0.15, 0.2) is 0 Å². The number of carbonyl (C=O) groups is 3. The molecule has 0 rings (SSSR count). The maximum absolute atomic E-state index is 11.4. The molecular formula is C10H18N2O5. The van der Waals surface area contributed by atoms with Gasteiger partial charge in [-0.3, -0.25) is 9.59 Å². The first kappa shape index (κ1) is 15.4. The molecule has 0 saturated carbocycles. The number of aliphatic hydroxyl groups is 1. The molecule has 0 aliphatic rings. The number of nitrogens with one attached hydrogen (secondary N) is 1. The Hall–Kier alpha value is -1.63. The van der Waals surface area contributed by atoms with E-state index in [4.69, 9.17) is 10.8 Å². The zero-order chi connectivity index (χ0) is 13.6. The normalized spacial score (nSPS) is 12.9. The summed E-state index contributed by atoms with van der Waals surface area (Å²) in [4.78, 5) is 32.7. The molecular weight excluding hydrogens is 228 g/mol. The largest absolute Gasteiger partial charge is 0.480 e. The molecule has 2 amide bonds. The van der Waals surface area contributed by atoms with Crippen LogP contribution in [-0.2, 0) is 14.4 Å². The Balaban J connectivity index is 4.30. The topological polar surface area (TPSA) is 130 Å². The van der Waals surface area contributed by atoms with E-state index in [0.29, 0.717) is 0 Å². The second kappa shape index (κ2) is 6.19. The zero-order valence-corrected chi connectivity index (χ0v) is 9.90. The van der Waals surface area contributed by atoms with Crippen LogP contribution in [0.25, 0.3) is 0 Å². The quantitative estimate of drug-likeness (QED) is 0.457. The van der Waals surface area contributed by atoms with Crippen molar-refractivity contribution >= 4 is 17.8 Å². The Labute approximate surface area is 99.0 Å². The van der Waals surface area contributed by atoms with Crippen LogP contribution in [-0.4, -0.2) is 39.6 Å². The van der Waals surface area contributed by atoms with Gasteiger partial charge in [-0.15, -0.1) is 0 Å². The van der Waals surface area contributed by atoms with Gasteiger partial charge in [0, 0.05) is 6.42 Å². The number of carboxylic acids is 1. The number of carbonyl (C=O) groups excluding carboxylic acids is 2. The molecule has 98 valence electrons. The third kappa shape index (κ3) is 8.21. The number of carboxylic acid groups (broad SMARTS) is 1. The van der Waals surface area contributed by atoms with Crippen LogP contribution in [0.2, 0.25) is 0 Å². The van der Waals surface area contributed by atoms with E-state index in [1.165, 1.54) is 13.8 Å². The molecule has 0 heterocycles. The van der Waals surface area contributed by atoms with E-state index >= 15 is 0 Å². The van der Waals surface area contributed by atoms with Crippen LogP contribution in [0.3, 0.4) is 0 Å². The van der Waals surface area contributed by atoms with Gasteiger partial charge in [-0.2, -0.15) is 0 Å². The van der Waals surface area contributed by atoms with Crippen LogP contribution in [0, 0.1) is 0 Å². The molecule has 5 N–H and O–H groups in total. The Morgan fingerprint density at radius 2 is 1.88 bits per heavy atom. The highest BCUT2D eigenvalue weighted by atomic mass is 16.4. The van der Waals surface area contributed by atoms with Gasteiger partial charge in [-0.1, -0.05) is 0 Å². The molecule has 0 unspecified atom stereocenters. The molecule has 0 saturated heterocycles. The van der Waals surface area contributed by atoms with E-state index < -0.39 is 29.4 Å². The van der Waals surface area contributed by atoms with Crippen molar-refractivity contribution in [3.63, 3.8) is 0 Å². The summed E-state index contributed by atoms with van der Waals surface area (Å²) in [6.07, 6.45) is -0.407. The molecule has 0 bridgehead atoms. The van der Waals surface area contributed by atoms with Crippen LogP contribution in [0.1, 0.15) is 33.1 Å². The first-order valence-electron chi connectivity index (χ1n) is 5.14. The lowest BCUT2D eigenvalue weighted by molar-refractivity contribution is -0.142. The lowest BCUT2D eigenvalue weighted by Gasteiger charge is -2.19. The standard InChI is InChI=1S/C10H18N2O5/c1-10(2,17)5-8(14)12-6(9(15)16)3-4-7(11)13/h6,17H,3-5H2,1-2H3,(H2,11,13)(H,12,14)(H,15,16)/t6-/m0/s1. The molecule has 0 aromatic carbocycles. The highest BCUT2D eigenvalue weighted by Gasteiger charge is 2.24. The molecule has 17 heavy (non-hydrogen) atoms. The molecule has 0 radical (unpaired) electrons. The summed E-state index contributed by atoms with van der Waals surface area (Å²) in [6.45, 7) is 2.87. The summed E-state index contributed by atoms with van der Waals surface area (Å²) in [5.41, 5.74) is 3.68. The number of hydrogen-bond donors (Lipinski definition) is 4. The molecule has 0 aromatic rings. The molecule has 7 nitrogen and oxygen atoms in total. The van der Waals surface area contributed by atoms with E-state index in [0.717, 1.165) is 0 Å². The molecule has 0 fully saturated rings. The minimum Gasteiger partial charge on any atom is -0.480 e. The summed E-state index contributed by atoms with van der Waals surface area (Å²) in [7, 11) is 0. The van der Waals surface area contributed by atoms with Gasteiger partial charge in [0.05, 0.1) is 12.0 Å². The van der Waals surface area contributed by atoms with Gasteiger partial charge < -0.3 is 21.3 Å². The molecule has 0 aromatic heterocycles. The maximum atomic E-state index is 11.4. The van der Waals surface area contributed by atoms with Crippen molar-refractivity contribution in [1.29, 1.82) is 0 Å². The van der Waals surface area contributed by atoms with Gasteiger partial charge in [0.1, 0.15) is 6.04 Å². The van der Waals surface area contributed by atoms with Crippen molar-refractivity contribution in [2.24, 2.45) is 5.73 Å². The van der Waals surface area contributed by atoms with E-state index in [2.05, 4.69) is 5.32 Å². The van der Waals surface area contributed by atoms with Crippen molar-refractivity contribution in [1.82, 2.24) is 5.32 Å². The molecule has 0 aliphatic heterocycles. The van der Waals surface area contributed by atoms with Crippen LogP contribution in [0.5, 0.6) is 0 Å². The molecule has 0 spiro atoms. The highest BCUT2D eigenvalue weighted by Crippen LogP contribution is 2.07. The van der Waals surface area contributed by atoms with Crippen molar-refractivity contribution in [3.8, 4) is 0 Å². The summed E-state index contributed by atoms with van der Waals surface area (Å²) in [6, 6.07) is -1.17.